The molecule has 0 bridgehead atoms. The average molecular weight is 195 g/mol. The predicted octanol–water partition coefficient (Wildman–Crippen LogP) is 1.43. The van der Waals surface area contributed by atoms with E-state index in [1.54, 1.807) is 12.1 Å². The predicted molar refractivity (Wildman–Crippen MR) is 49.7 cm³/mol. The first-order valence-electron chi connectivity index (χ1n) is 4.00. The molecule has 0 fully saturated rings. The van der Waals surface area contributed by atoms with Crippen molar-refractivity contribution in [3.05, 3.63) is 18.2 Å². The van der Waals surface area contributed by atoms with Gasteiger partial charge in [0.25, 0.3) is 0 Å². The number of rotatable bonds is 3. The summed E-state index contributed by atoms with van der Waals surface area (Å²) in [6, 6.07) is 6.00. The Labute approximate surface area is 82.4 Å². The molecular weight excluding hydrogens is 184 g/mol. The summed E-state index contributed by atoms with van der Waals surface area (Å²) < 4.78 is 14.9. The van der Waals surface area contributed by atoms with E-state index in [0.717, 1.165) is 0 Å². The third-order valence-electron chi connectivity index (χ3n) is 1.54. The van der Waals surface area contributed by atoms with E-state index in [-0.39, 0.29) is 0 Å². The Morgan fingerprint density at radius 1 is 1.36 bits per heavy atom. The topological polar surface area (TPSA) is 44.8 Å². The highest BCUT2D eigenvalue weighted by Gasteiger charge is 2.12. The molecule has 0 aromatic heterocycles. The van der Waals surface area contributed by atoms with E-state index in [0.29, 0.717) is 17.2 Å². The third kappa shape index (κ3) is 2.16. The summed E-state index contributed by atoms with van der Waals surface area (Å²) >= 11 is 0. The molecule has 1 rings (SSSR count). The molecule has 4 heteroatoms. The Morgan fingerprint density at radius 2 is 2.07 bits per heavy atom. The van der Waals surface area contributed by atoms with E-state index < -0.39 is 5.97 Å². The molecule has 0 atom stereocenters. The van der Waals surface area contributed by atoms with Gasteiger partial charge in [0.05, 0.1) is 14.2 Å². The van der Waals surface area contributed by atoms with Crippen molar-refractivity contribution in [2.75, 3.05) is 14.2 Å². The number of hydrogen-bond donors (Lipinski definition) is 0. The van der Waals surface area contributed by atoms with E-state index in [1.807, 2.05) is 0 Å². The molecule has 0 amide bonds. The summed E-state index contributed by atoms with van der Waals surface area (Å²) in [5.74, 6) is 0.698. The highest BCUT2D eigenvalue weighted by atomic mass is 16.6. The van der Waals surface area contributed by atoms with Gasteiger partial charge < -0.3 is 14.2 Å². The SMILES string of the molecule is COc1[c]ccc(OC(C)=O)c1OC. The Morgan fingerprint density at radius 3 is 2.57 bits per heavy atom. The van der Waals surface area contributed by atoms with Crippen molar-refractivity contribution in [1.82, 2.24) is 0 Å². The van der Waals surface area contributed by atoms with Crippen molar-refractivity contribution < 1.29 is 19.0 Å². The Kier molecular flexibility index (Phi) is 3.34. The van der Waals surface area contributed by atoms with Crippen molar-refractivity contribution in [1.29, 1.82) is 0 Å². The Hall–Kier alpha value is -1.71. The van der Waals surface area contributed by atoms with Crippen molar-refractivity contribution >= 4 is 5.97 Å². The Balaban J connectivity index is 3.08. The van der Waals surface area contributed by atoms with Crippen LogP contribution in [0, 0.1) is 6.07 Å². The highest BCUT2D eigenvalue weighted by molar-refractivity contribution is 5.71. The van der Waals surface area contributed by atoms with E-state index >= 15 is 0 Å². The number of hydrogen-bond acceptors (Lipinski definition) is 4. The first kappa shape index (κ1) is 10.4. The zero-order valence-electron chi connectivity index (χ0n) is 8.29. The zero-order valence-corrected chi connectivity index (χ0v) is 8.29. The smallest absolute Gasteiger partial charge is 0.308 e. The molecule has 1 aromatic carbocycles. The van der Waals surface area contributed by atoms with Gasteiger partial charge in [-0.1, -0.05) is 0 Å². The summed E-state index contributed by atoms with van der Waals surface area (Å²) in [5.41, 5.74) is 0. The van der Waals surface area contributed by atoms with Crippen LogP contribution in [0.1, 0.15) is 6.92 Å². The van der Waals surface area contributed by atoms with E-state index in [4.69, 9.17) is 14.2 Å². The molecule has 0 aliphatic heterocycles. The molecule has 1 aromatic rings. The molecule has 1 radical (unpaired) electrons. The minimum absolute atomic E-state index is 0.329. The molecule has 14 heavy (non-hydrogen) atoms. The lowest BCUT2D eigenvalue weighted by atomic mass is 10.3. The molecule has 0 saturated heterocycles. The number of methoxy groups -OCH3 is 2. The number of esters is 1. The van der Waals surface area contributed by atoms with Crippen LogP contribution in [0.25, 0.3) is 0 Å². The van der Waals surface area contributed by atoms with E-state index in [2.05, 4.69) is 6.07 Å². The van der Waals surface area contributed by atoms with Gasteiger partial charge >= 0.3 is 5.97 Å². The molecular formula is C10H11O4. The molecule has 0 unspecified atom stereocenters. The fourth-order valence-corrected chi connectivity index (χ4v) is 1.03. The summed E-state index contributed by atoms with van der Waals surface area (Å²) in [6.07, 6.45) is 0. The lowest BCUT2D eigenvalue weighted by Crippen LogP contribution is -2.03. The van der Waals surface area contributed by atoms with Gasteiger partial charge in [-0.15, -0.1) is 0 Å². The summed E-state index contributed by atoms with van der Waals surface area (Å²) in [4.78, 5) is 10.8. The van der Waals surface area contributed by atoms with Gasteiger partial charge in [0, 0.05) is 13.0 Å². The average Bonchev–Trinajstić information content (AvgIpc) is 2.16. The maximum absolute atomic E-state index is 10.8. The number of carbonyl (C=O) groups is 1. The zero-order chi connectivity index (χ0) is 10.6. The van der Waals surface area contributed by atoms with Gasteiger partial charge in [-0.05, 0) is 12.1 Å². The van der Waals surface area contributed by atoms with Crippen molar-refractivity contribution in [2.45, 2.75) is 6.92 Å². The van der Waals surface area contributed by atoms with Gasteiger partial charge in [-0.25, -0.2) is 0 Å². The largest absolute Gasteiger partial charge is 0.492 e. The first-order chi connectivity index (χ1) is 6.69. The summed E-state index contributed by atoms with van der Waals surface area (Å²) in [5, 5.41) is 0. The number of ether oxygens (including phenoxy) is 3. The second kappa shape index (κ2) is 4.50. The minimum Gasteiger partial charge on any atom is -0.492 e. The number of benzene rings is 1. The van der Waals surface area contributed by atoms with Crippen LogP contribution in [0.2, 0.25) is 0 Å². The lowest BCUT2D eigenvalue weighted by Gasteiger charge is -2.10. The molecule has 4 nitrogen and oxygen atoms in total. The molecule has 0 heterocycles. The standard InChI is InChI=1S/C10H11O4/c1-7(11)14-9-6-4-5-8(12-2)10(9)13-3/h4,6H,1-3H3. The maximum Gasteiger partial charge on any atom is 0.308 e. The van der Waals surface area contributed by atoms with Crippen molar-refractivity contribution in [2.24, 2.45) is 0 Å². The second-order valence-corrected chi connectivity index (χ2v) is 2.50. The van der Waals surface area contributed by atoms with Crippen LogP contribution in [0.3, 0.4) is 0 Å². The molecule has 0 N–H and O–H groups in total. The van der Waals surface area contributed by atoms with Crippen LogP contribution < -0.4 is 14.2 Å². The first-order valence-corrected chi connectivity index (χ1v) is 4.00. The molecule has 0 spiro atoms. The molecule has 0 aliphatic rings. The highest BCUT2D eigenvalue weighted by Crippen LogP contribution is 2.36. The number of carbonyl (C=O) groups excluding carboxylic acids is 1. The van der Waals surface area contributed by atoms with Crippen LogP contribution in [-0.2, 0) is 4.79 Å². The van der Waals surface area contributed by atoms with Crippen LogP contribution in [0.4, 0.5) is 0 Å². The van der Waals surface area contributed by atoms with Gasteiger partial charge in [0.2, 0.25) is 5.75 Å². The second-order valence-electron chi connectivity index (χ2n) is 2.50. The third-order valence-corrected chi connectivity index (χ3v) is 1.54. The Bertz CT molecular complexity index is 333. The maximum atomic E-state index is 10.8. The van der Waals surface area contributed by atoms with Crippen LogP contribution in [0.5, 0.6) is 17.2 Å². The van der Waals surface area contributed by atoms with Crippen LogP contribution in [0.15, 0.2) is 12.1 Å². The summed E-state index contributed by atoms with van der Waals surface area (Å²) in [7, 11) is 2.96. The van der Waals surface area contributed by atoms with Crippen LogP contribution in [-0.4, -0.2) is 20.2 Å². The molecule has 75 valence electrons. The van der Waals surface area contributed by atoms with E-state index in [9.17, 15) is 4.79 Å². The van der Waals surface area contributed by atoms with Crippen molar-refractivity contribution in [3.8, 4) is 17.2 Å². The minimum atomic E-state index is -0.406. The lowest BCUT2D eigenvalue weighted by molar-refractivity contribution is -0.132. The monoisotopic (exact) mass is 195 g/mol. The quantitative estimate of drug-likeness (QED) is 0.540. The van der Waals surface area contributed by atoms with Gasteiger partial charge in [0.1, 0.15) is 0 Å². The summed E-state index contributed by atoms with van der Waals surface area (Å²) in [6.45, 7) is 1.32. The van der Waals surface area contributed by atoms with E-state index in [1.165, 1.54) is 21.1 Å². The molecule has 0 saturated carbocycles. The fourth-order valence-electron chi connectivity index (χ4n) is 1.03. The van der Waals surface area contributed by atoms with Gasteiger partial charge in [0.15, 0.2) is 11.5 Å². The fraction of sp³-hybridized carbons (Fsp3) is 0.300. The normalized spacial score (nSPS) is 9.36. The van der Waals surface area contributed by atoms with Gasteiger partial charge in [-0.2, -0.15) is 0 Å². The van der Waals surface area contributed by atoms with Crippen molar-refractivity contribution in [3.63, 3.8) is 0 Å². The molecule has 0 aliphatic carbocycles. The van der Waals surface area contributed by atoms with Gasteiger partial charge in [-0.3, -0.25) is 4.79 Å². The van der Waals surface area contributed by atoms with Crippen LogP contribution >= 0.6 is 0 Å².